The van der Waals surface area contributed by atoms with Gasteiger partial charge in [-0.3, -0.25) is 0 Å². The first-order valence-electron chi connectivity index (χ1n) is 3.31. The van der Waals surface area contributed by atoms with Crippen molar-refractivity contribution in [3.05, 3.63) is 0 Å². The molecular formula is C8H10S. The molecule has 1 heteroatoms. The Morgan fingerprint density at radius 1 is 1.44 bits per heavy atom. The second kappa shape index (κ2) is 2.98. The number of thiocarbonyl (C=S) groups is 1. The van der Waals surface area contributed by atoms with Crippen LogP contribution in [-0.2, 0) is 0 Å². The number of rotatable bonds is 0. The van der Waals surface area contributed by atoms with Crippen molar-refractivity contribution >= 4 is 17.1 Å². The molecule has 0 amide bonds. The number of hydrogen-bond donors (Lipinski definition) is 0. The maximum atomic E-state index is 5.26. The highest BCUT2D eigenvalue weighted by atomic mass is 32.1. The predicted octanol–water partition coefficient (Wildman–Crippen LogP) is 2.18. The van der Waals surface area contributed by atoms with Crippen LogP contribution in [0.25, 0.3) is 0 Å². The summed E-state index contributed by atoms with van der Waals surface area (Å²) in [5, 5.41) is 0. The van der Waals surface area contributed by atoms with Gasteiger partial charge in [0.2, 0.25) is 0 Å². The normalized spacial score (nSPS) is 21.4. The molecule has 0 radical (unpaired) electrons. The molecule has 48 valence electrons. The van der Waals surface area contributed by atoms with E-state index in [-0.39, 0.29) is 0 Å². The van der Waals surface area contributed by atoms with Gasteiger partial charge in [-0.15, -0.1) is 12.3 Å². The zero-order valence-corrected chi connectivity index (χ0v) is 6.21. The summed E-state index contributed by atoms with van der Waals surface area (Å²) >= 11 is 5.04. The van der Waals surface area contributed by atoms with Gasteiger partial charge in [-0.25, -0.2) is 0 Å². The maximum Gasteiger partial charge on any atom is 0.0206 e. The van der Waals surface area contributed by atoms with E-state index in [9.17, 15) is 0 Å². The third-order valence-corrected chi connectivity index (χ3v) is 2.19. The molecule has 9 heavy (non-hydrogen) atoms. The molecular weight excluding hydrogens is 128 g/mol. The van der Waals surface area contributed by atoms with Crippen molar-refractivity contribution in [2.45, 2.75) is 25.7 Å². The Kier molecular flexibility index (Phi) is 2.24. The van der Waals surface area contributed by atoms with Crippen LogP contribution in [0, 0.1) is 18.3 Å². The molecule has 1 aliphatic carbocycles. The van der Waals surface area contributed by atoms with Gasteiger partial charge in [-0.1, -0.05) is 12.2 Å². The van der Waals surface area contributed by atoms with Gasteiger partial charge in [0.25, 0.3) is 0 Å². The highest BCUT2D eigenvalue weighted by Crippen LogP contribution is 2.20. The fraction of sp³-hybridized carbons (Fsp3) is 0.625. The lowest BCUT2D eigenvalue weighted by Crippen LogP contribution is -2.10. The number of terminal acetylenes is 1. The summed E-state index contributed by atoms with van der Waals surface area (Å²) in [4.78, 5) is 1.21. The summed E-state index contributed by atoms with van der Waals surface area (Å²) in [6, 6.07) is 0. The Bertz CT molecular complexity index is 142. The summed E-state index contributed by atoms with van der Waals surface area (Å²) in [5.41, 5.74) is 0. The van der Waals surface area contributed by atoms with Crippen LogP contribution >= 0.6 is 12.2 Å². The quantitative estimate of drug-likeness (QED) is 0.365. The SMILES string of the molecule is C#CC1CCC(=S)CC1. The molecule has 0 aromatic rings. The van der Waals surface area contributed by atoms with Crippen LogP contribution in [0.15, 0.2) is 0 Å². The molecule has 0 spiro atoms. The predicted molar refractivity (Wildman–Crippen MR) is 43.4 cm³/mol. The van der Waals surface area contributed by atoms with E-state index in [0.717, 1.165) is 25.7 Å². The molecule has 1 rings (SSSR count). The van der Waals surface area contributed by atoms with Crippen molar-refractivity contribution in [1.82, 2.24) is 0 Å². The summed E-state index contributed by atoms with van der Waals surface area (Å²) < 4.78 is 0. The van der Waals surface area contributed by atoms with Gasteiger partial charge in [0, 0.05) is 5.92 Å². The Balaban J connectivity index is 2.37. The lowest BCUT2D eigenvalue weighted by Gasteiger charge is -2.16. The molecule has 0 aromatic carbocycles. The van der Waals surface area contributed by atoms with E-state index >= 15 is 0 Å². The minimum absolute atomic E-state index is 0.511. The molecule has 0 saturated heterocycles. The van der Waals surface area contributed by atoms with Crippen molar-refractivity contribution in [3.63, 3.8) is 0 Å². The zero-order valence-electron chi connectivity index (χ0n) is 5.39. The van der Waals surface area contributed by atoms with Gasteiger partial charge >= 0.3 is 0 Å². The summed E-state index contributed by atoms with van der Waals surface area (Å²) in [6.45, 7) is 0. The first-order valence-corrected chi connectivity index (χ1v) is 3.71. The lowest BCUT2D eigenvalue weighted by atomic mass is 9.90. The number of hydrogen-bond acceptors (Lipinski definition) is 1. The van der Waals surface area contributed by atoms with Crippen molar-refractivity contribution in [3.8, 4) is 12.3 Å². The van der Waals surface area contributed by atoms with Crippen LogP contribution in [0.2, 0.25) is 0 Å². The van der Waals surface area contributed by atoms with Crippen molar-refractivity contribution in [2.75, 3.05) is 0 Å². The maximum absolute atomic E-state index is 5.26. The molecule has 0 N–H and O–H groups in total. The average molecular weight is 138 g/mol. The van der Waals surface area contributed by atoms with Gasteiger partial charge in [-0.05, 0) is 30.5 Å². The Morgan fingerprint density at radius 2 is 2.00 bits per heavy atom. The zero-order chi connectivity index (χ0) is 6.69. The fourth-order valence-corrected chi connectivity index (χ4v) is 1.34. The second-order valence-electron chi connectivity index (χ2n) is 2.48. The topological polar surface area (TPSA) is 0 Å². The van der Waals surface area contributed by atoms with Crippen LogP contribution in [0.1, 0.15) is 25.7 Å². The van der Waals surface area contributed by atoms with Gasteiger partial charge in [0.15, 0.2) is 0 Å². The van der Waals surface area contributed by atoms with Crippen LogP contribution in [0.5, 0.6) is 0 Å². The Labute approximate surface area is 61.6 Å². The molecule has 0 atom stereocenters. The van der Waals surface area contributed by atoms with Crippen LogP contribution < -0.4 is 0 Å². The summed E-state index contributed by atoms with van der Waals surface area (Å²) in [6.07, 6.45) is 9.64. The van der Waals surface area contributed by atoms with Crippen molar-refractivity contribution in [1.29, 1.82) is 0 Å². The van der Waals surface area contributed by atoms with Gasteiger partial charge in [-0.2, -0.15) is 0 Å². The molecule has 1 fully saturated rings. The van der Waals surface area contributed by atoms with E-state index in [4.69, 9.17) is 18.6 Å². The van der Waals surface area contributed by atoms with E-state index in [0.29, 0.717) is 5.92 Å². The van der Waals surface area contributed by atoms with Crippen molar-refractivity contribution < 1.29 is 0 Å². The van der Waals surface area contributed by atoms with Gasteiger partial charge < -0.3 is 0 Å². The third kappa shape index (κ3) is 1.80. The minimum Gasteiger partial charge on any atom is -0.120 e. The van der Waals surface area contributed by atoms with Crippen LogP contribution in [-0.4, -0.2) is 4.86 Å². The Morgan fingerprint density at radius 3 is 2.44 bits per heavy atom. The molecule has 1 aliphatic rings. The van der Waals surface area contributed by atoms with Crippen LogP contribution in [0.4, 0.5) is 0 Å². The highest BCUT2D eigenvalue weighted by Gasteiger charge is 2.12. The molecule has 0 unspecified atom stereocenters. The van der Waals surface area contributed by atoms with Gasteiger partial charge in [0.1, 0.15) is 0 Å². The monoisotopic (exact) mass is 138 g/mol. The van der Waals surface area contributed by atoms with Gasteiger partial charge in [0.05, 0.1) is 0 Å². The summed E-state index contributed by atoms with van der Waals surface area (Å²) in [5.74, 6) is 3.28. The second-order valence-corrected chi connectivity index (χ2v) is 3.06. The molecule has 1 saturated carbocycles. The third-order valence-electron chi connectivity index (χ3n) is 1.78. The first kappa shape index (κ1) is 6.77. The highest BCUT2D eigenvalue weighted by molar-refractivity contribution is 7.80. The summed E-state index contributed by atoms with van der Waals surface area (Å²) in [7, 11) is 0. The van der Waals surface area contributed by atoms with E-state index < -0.39 is 0 Å². The van der Waals surface area contributed by atoms with Crippen molar-refractivity contribution in [2.24, 2.45) is 5.92 Å². The smallest absolute Gasteiger partial charge is 0.0206 e. The standard InChI is InChI=1S/C8H10S/c1-2-7-3-5-8(9)6-4-7/h1,7H,3-6H2. The molecule has 0 nitrogen and oxygen atoms in total. The minimum atomic E-state index is 0.511. The lowest BCUT2D eigenvalue weighted by molar-refractivity contribution is 0.557. The van der Waals surface area contributed by atoms with Crippen LogP contribution in [0.3, 0.4) is 0 Å². The molecule has 0 heterocycles. The van der Waals surface area contributed by atoms with E-state index in [1.807, 2.05) is 0 Å². The molecule has 0 aromatic heterocycles. The van der Waals surface area contributed by atoms with E-state index in [2.05, 4.69) is 5.92 Å². The Hall–Kier alpha value is -0.350. The first-order chi connectivity index (χ1) is 4.33. The fourth-order valence-electron chi connectivity index (χ4n) is 1.11. The average Bonchev–Trinajstić information content (AvgIpc) is 1.90. The van der Waals surface area contributed by atoms with E-state index in [1.54, 1.807) is 0 Å². The van der Waals surface area contributed by atoms with E-state index in [1.165, 1.54) is 4.86 Å². The largest absolute Gasteiger partial charge is 0.120 e. The molecule has 0 bridgehead atoms. The molecule has 0 aliphatic heterocycles.